The van der Waals surface area contributed by atoms with Crippen molar-refractivity contribution in [2.75, 3.05) is 23.7 Å². The molecule has 1 N–H and O–H groups in total. The topological polar surface area (TPSA) is 86.8 Å². The van der Waals surface area contributed by atoms with Crippen molar-refractivity contribution in [2.45, 2.75) is 32.9 Å². The molecule has 0 aliphatic rings. The summed E-state index contributed by atoms with van der Waals surface area (Å²) in [6.07, 6.45) is 1.67. The Morgan fingerprint density at radius 3 is 2.29 bits per heavy atom. The van der Waals surface area contributed by atoms with Gasteiger partial charge in [-0.3, -0.25) is 13.9 Å². The first-order chi connectivity index (χ1) is 15.9. The van der Waals surface area contributed by atoms with Crippen molar-refractivity contribution in [2.24, 2.45) is 0 Å². The van der Waals surface area contributed by atoms with Crippen LogP contribution in [0.3, 0.4) is 0 Å². The summed E-state index contributed by atoms with van der Waals surface area (Å²) in [7, 11) is -3.93. The highest BCUT2D eigenvalue weighted by molar-refractivity contribution is 7.92. The van der Waals surface area contributed by atoms with E-state index in [-0.39, 0.29) is 33.2 Å². The minimum absolute atomic E-state index is 0.00266. The van der Waals surface area contributed by atoms with Gasteiger partial charge in [0.2, 0.25) is 21.8 Å². The van der Waals surface area contributed by atoms with Gasteiger partial charge in [0, 0.05) is 13.1 Å². The van der Waals surface area contributed by atoms with Crippen molar-refractivity contribution < 1.29 is 18.0 Å². The summed E-state index contributed by atoms with van der Waals surface area (Å²) in [5.41, 5.74) is 0.673. The van der Waals surface area contributed by atoms with Crippen molar-refractivity contribution >= 4 is 73.9 Å². The smallest absolute Gasteiger partial charge is 0.244 e. The van der Waals surface area contributed by atoms with Gasteiger partial charge in [-0.25, -0.2) is 8.42 Å². The Morgan fingerprint density at radius 2 is 1.71 bits per heavy atom. The summed E-state index contributed by atoms with van der Waals surface area (Å²) >= 11 is 24.4. The van der Waals surface area contributed by atoms with Gasteiger partial charge in [0.25, 0.3) is 0 Å². The summed E-state index contributed by atoms with van der Waals surface area (Å²) in [6, 6.07) is 8.43. The first-order valence-electron chi connectivity index (χ1n) is 10.3. The highest BCUT2D eigenvalue weighted by Gasteiger charge is 2.31. The molecule has 186 valence electrons. The number of nitrogens with one attached hydrogen (secondary N) is 1. The normalized spacial score (nSPS) is 12.2. The molecule has 0 heterocycles. The average Bonchev–Trinajstić information content (AvgIpc) is 2.77. The van der Waals surface area contributed by atoms with Crippen molar-refractivity contribution in [3.63, 3.8) is 0 Å². The molecule has 1 atom stereocenters. The zero-order valence-electron chi connectivity index (χ0n) is 18.8. The summed E-state index contributed by atoms with van der Waals surface area (Å²) in [5, 5.41) is 3.52. The minimum Gasteiger partial charge on any atom is -0.354 e. The van der Waals surface area contributed by atoms with Gasteiger partial charge in [-0.05, 0) is 43.2 Å². The molecular formula is C22H25Cl4N3O4S. The first kappa shape index (κ1) is 28.5. The highest BCUT2D eigenvalue weighted by Crippen LogP contribution is 2.34. The predicted molar refractivity (Wildman–Crippen MR) is 138 cm³/mol. The van der Waals surface area contributed by atoms with Crippen LogP contribution in [0.4, 0.5) is 5.69 Å². The number of carbonyl (C=O) groups is 2. The van der Waals surface area contributed by atoms with E-state index in [1.165, 1.54) is 23.1 Å². The quantitative estimate of drug-likeness (QED) is 0.436. The number of carbonyl (C=O) groups excluding carboxylic acids is 2. The number of sulfonamides is 1. The van der Waals surface area contributed by atoms with Crippen LogP contribution in [0.15, 0.2) is 36.4 Å². The van der Waals surface area contributed by atoms with E-state index in [1.54, 1.807) is 25.1 Å². The summed E-state index contributed by atoms with van der Waals surface area (Å²) < 4.78 is 26.0. The van der Waals surface area contributed by atoms with E-state index in [9.17, 15) is 18.0 Å². The van der Waals surface area contributed by atoms with Crippen LogP contribution in [-0.2, 0) is 26.2 Å². The molecule has 0 unspecified atom stereocenters. The lowest BCUT2D eigenvalue weighted by Crippen LogP contribution is -2.51. The molecule has 12 heteroatoms. The number of rotatable bonds is 10. The fourth-order valence-corrected chi connectivity index (χ4v) is 4.72. The maximum Gasteiger partial charge on any atom is 0.244 e. The van der Waals surface area contributed by atoms with Crippen LogP contribution in [0.1, 0.15) is 25.8 Å². The van der Waals surface area contributed by atoms with Crippen molar-refractivity contribution in [1.82, 2.24) is 10.2 Å². The standard InChI is InChI=1S/C22H25Cl4N3O4S/c1-4-10-27-22(31)14(2)28(12-15-8-9-16(23)18(25)11-15)20(30)13-29(34(3,32)33)19-7-5-6-17(24)21(19)26/h5-9,11,14H,4,10,12-13H2,1-3H3,(H,27,31)/t14-/m1/s1. The molecule has 0 aromatic heterocycles. The molecule has 34 heavy (non-hydrogen) atoms. The Hall–Kier alpha value is -1.71. The molecule has 0 aliphatic heterocycles. The van der Waals surface area contributed by atoms with Crippen LogP contribution in [0.25, 0.3) is 0 Å². The number of nitrogens with zero attached hydrogens (tertiary/aromatic N) is 2. The zero-order valence-corrected chi connectivity index (χ0v) is 22.7. The van der Waals surface area contributed by atoms with E-state index in [0.717, 1.165) is 10.6 Å². The molecule has 2 aromatic rings. The Kier molecular flexibility index (Phi) is 10.3. The van der Waals surface area contributed by atoms with Crippen LogP contribution in [-0.4, -0.2) is 50.5 Å². The van der Waals surface area contributed by atoms with E-state index in [1.807, 2.05) is 6.92 Å². The van der Waals surface area contributed by atoms with E-state index < -0.39 is 28.5 Å². The minimum atomic E-state index is -3.93. The van der Waals surface area contributed by atoms with Gasteiger partial charge in [-0.15, -0.1) is 0 Å². The molecular weight excluding hydrogens is 544 g/mol. The van der Waals surface area contributed by atoms with Gasteiger partial charge in [-0.1, -0.05) is 65.5 Å². The third kappa shape index (κ3) is 7.39. The lowest BCUT2D eigenvalue weighted by molar-refractivity contribution is -0.139. The van der Waals surface area contributed by atoms with E-state index >= 15 is 0 Å². The van der Waals surface area contributed by atoms with Crippen LogP contribution in [0.5, 0.6) is 0 Å². The van der Waals surface area contributed by atoms with Crippen LogP contribution in [0, 0.1) is 0 Å². The Bertz CT molecular complexity index is 1160. The summed E-state index contributed by atoms with van der Waals surface area (Å²) in [6.45, 7) is 3.31. The second-order valence-electron chi connectivity index (χ2n) is 7.58. The Morgan fingerprint density at radius 1 is 1.03 bits per heavy atom. The lowest BCUT2D eigenvalue weighted by atomic mass is 10.1. The maximum absolute atomic E-state index is 13.5. The average molecular weight is 569 g/mol. The van der Waals surface area contributed by atoms with E-state index in [4.69, 9.17) is 46.4 Å². The number of hydrogen-bond donors (Lipinski definition) is 1. The molecule has 0 saturated carbocycles. The number of anilines is 1. The fourth-order valence-electron chi connectivity index (χ4n) is 3.09. The molecule has 0 radical (unpaired) electrons. The zero-order chi connectivity index (χ0) is 25.6. The molecule has 2 rings (SSSR count). The molecule has 0 aliphatic carbocycles. The second-order valence-corrected chi connectivity index (χ2v) is 11.1. The largest absolute Gasteiger partial charge is 0.354 e. The fraction of sp³-hybridized carbons (Fsp3) is 0.364. The van der Waals surface area contributed by atoms with Crippen molar-refractivity contribution in [3.8, 4) is 0 Å². The number of halogens is 4. The van der Waals surface area contributed by atoms with Crippen LogP contribution >= 0.6 is 46.4 Å². The van der Waals surface area contributed by atoms with E-state index in [0.29, 0.717) is 23.6 Å². The number of hydrogen-bond acceptors (Lipinski definition) is 4. The molecule has 2 aromatic carbocycles. The SMILES string of the molecule is CCCNC(=O)[C@@H](C)N(Cc1ccc(Cl)c(Cl)c1)C(=O)CN(c1cccc(Cl)c1Cl)S(C)(=O)=O. The molecule has 0 fully saturated rings. The molecule has 0 saturated heterocycles. The first-order valence-corrected chi connectivity index (χ1v) is 13.7. The monoisotopic (exact) mass is 567 g/mol. The third-order valence-corrected chi connectivity index (χ3v) is 7.61. The second kappa shape index (κ2) is 12.3. The third-order valence-electron chi connectivity index (χ3n) is 4.93. The predicted octanol–water partition coefficient (Wildman–Crippen LogP) is 5.01. The van der Waals surface area contributed by atoms with E-state index in [2.05, 4.69) is 5.32 Å². The Labute approximate surface area is 220 Å². The van der Waals surface area contributed by atoms with Gasteiger partial charge in [0.1, 0.15) is 12.6 Å². The lowest BCUT2D eigenvalue weighted by Gasteiger charge is -2.31. The van der Waals surface area contributed by atoms with Gasteiger partial charge in [0.05, 0.1) is 32.0 Å². The number of amides is 2. The van der Waals surface area contributed by atoms with Crippen LogP contribution < -0.4 is 9.62 Å². The molecule has 7 nitrogen and oxygen atoms in total. The van der Waals surface area contributed by atoms with Gasteiger partial charge in [0.15, 0.2) is 0 Å². The van der Waals surface area contributed by atoms with Crippen molar-refractivity contribution in [1.29, 1.82) is 0 Å². The molecule has 2 amide bonds. The summed E-state index contributed by atoms with van der Waals surface area (Å²) in [5.74, 6) is -0.992. The summed E-state index contributed by atoms with van der Waals surface area (Å²) in [4.78, 5) is 27.4. The van der Waals surface area contributed by atoms with Crippen LogP contribution in [0.2, 0.25) is 20.1 Å². The van der Waals surface area contributed by atoms with Crippen molar-refractivity contribution in [3.05, 3.63) is 62.1 Å². The van der Waals surface area contributed by atoms with Gasteiger partial charge < -0.3 is 10.2 Å². The molecule has 0 spiro atoms. The van der Waals surface area contributed by atoms with Gasteiger partial charge in [-0.2, -0.15) is 0 Å². The Balaban J connectivity index is 2.44. The molecule has 0 bridgehead atoms. The highest BCUT2D eigenvalue weighted by atomic mass is 35.5. The van der Waals surface area contributed by atoms with Gasteiger partial charge >= 0.3 is 0 Å². The number of benzene rings is 2. The maximum atomic E-state index is 13.5.